The van der Waals surface area contributed by atoms with Crippen molar-refractivity contribution in [2.24, 2.45) is 11.3 Å². The minimum Gasteiger partial charge on any atom is -0.331 e. The summed E-state index contributed by atoms with van der Waals surface area (Å²) in [5, 5.41) is 0. The second-order valence-corrected chi connectivity index (χ2v) is 30.8. The van der Waals surface area contributed by atoms with Crippen molar-refractivity contribution < 1.29 is 0 Å². The third-order valence-corrected chi connectivity index (χ3v) is 18.8. The van der Waals surface area contributed by atoms with E-state index in [1.165, 1.54) is 95.3 Å². The maximum atomic E-state index is 2.72. The SMILES string of the molecule is CC(C)(C)c1ccc(N(C2=CCC(C(C)(C)C)C=C2)c2cccc3c2N(c2cc4c5c(c2)N(c2ccc(C(C)(C)C)cc2)c2ccc(C(C)(C)C)cc2B5c2cc(C(C)(C)C)ccc2N4c2ccc(C(C)(C)C)cc2)C2C=CC=CC32)cc1. The number of benzene rings is 7. The molecule has 0 aromatic heterocycles. The monoisotopic (exact) mass is 1090 g/mol. The average Bonchev–Trinajstić information content (AvgIpc) is 1.53. The molecule has 3 heterocycles. The van der Waals surface area contributed by atoms with Gasteiger partial charge >= 0.3 is 0 Å². The summed E-state index contributed by atoms with van der Waals surface area (Å²) in [6, 6.07) is 55.5. The first-order valence-electron chi connectivity index (χ1n) is 30.8. The molecule has 5 heteroatoms. The van der Waals surface area contributed by atoms with Gasteiger partial charge in [0.1, 0.15) is 0 Å². The van der Waals surface area contributed by atoms with Gasteiger partial charge in [0.05, 0.1) is 17.4 Å². The molecule has 0 bridgehead atoms. The quantitative estimate of drug-likeness (QED) is 0.154. The Morgan fingerprint density at radius 2 is 0.904 bits per heavy atom. The number of anilines is 10. The lowest BCUT2D eigenvalue weighted by Crippen LogP contribution is -2.61. The summed E-state index contributed by atoms with van der Waals surface area (Å²) in [5.74, 6) is 0.580. The van der Waals surface area contributed by atoms with Crippen LogP contribution >= 0.6 is 0 Å². The van der Waals surface area contributed by atoms with E-state index in [9.17, 15) is 0 Å². The molecule has 0 saturated carbocycles. The van der Waals surface area contributed by atoms with Crippen molar-refractivity contribution in [3.8, 4) is 0 Å². The predicted molar refractivity (Wildman–Crippen MR) is 361 cm³/mol. The van der Waals surface area contributed by atoms with Crippen LogP contribution in [-0.4, -0.2) is 12.8 Å². The average molecular weight is 1090 g/mol. The van der Waals surface area contributed by atoms with Crippen molar-refractivity contribution in [3.05, 3.63) is 221 Å². The number of hydrogen-bond donors (Lipinski definition) is 0. The first-order valence-corrected chi connectivity index (χ1v) is 30.8. The van der Waals surface area contributed by atoms with Crippen molar-refractivity contribution >= 4 is 80.0 Å². The number of fused-ring (bicyclic) bond motifs is 7. The second kappa shape index (κ2) is 19.7. The fourth-order valence-electron chi connectivity index (χ4n) is 13.6. The van der Waals surface area contributed by atoms with Gasteiger partial charge in [0.2, 0.25) is 0 Å². The zero-order valence-electron chi connectivity index (χ0n) is 53.1. The van der Waals surface area contributed by atoms with Crippen LogP contribution in [0, 0.1) is 11.3 Å². The maximum absolute atomic E-state index is 2.72. The molecule has 3 atom stereocenters. The predicted octanol–water partition coefficient (Wildman–Crippen LogP) is 19.6. The van der Waals surface area contributed by atoms with E-state index in [4.69, 9.17) is 0 Å². The van der Waals surface area contributed by atoms with E-state index in [0.717, 1.165) is 23.5 Å². The molecule has 424 valence electrons. The third-order valence-electron chi connectivity index (χ3n) is 18.8. The van der Waals surface area contributed by atoms with Crippen molar-refractivity contribution in [3.63, 3.8) is 0 Å². The number of hydrogen-bond acceptors (Lipinski definition) is 4. The van der Waals surface area contributed by atoms with Gasteiger partial charge in [-0.1, -0.05) is 234 Å². The van der Waals surface area contributed by atoms with Crippen molar-refractivity contribution in [1.29, 1.82) is 0 Å². The van der Waals surface area contributed by atoms with Crippen molar-refractivity contribution in [2.75, 3.05) is 19.6 Å². The first kappa shape index (κ1) is 56.3. The molecule has 4 nitrogen and oxygen atoms in total. The summed E-state index contributed by atoms with van der Waals surface area (Å²) < 4.78 is 0. The van der Waals surface area contributed by atoms with E-state index >= 15 is 0 Å². The van der Waals surface area contributed by atoms with Crippen molar-refractivity contribution in [1.82, 2.24) is 0 Å². The number of rotatable bonds is 6. The number of para-hydroxylation sites is 1. The second-order valence-electron chi connectivity index (χ2n) is 30.8. The normalized spacial score (nSPS) is 18.4. The lowest BCUT2D eigenvalue weighted by molar-refractivity contribution is 0.293. The molecule has 0 fully saturated rings. The molecule has 3 unspecified atom stereocenters. The van der Waals surface area contributed by atoms with Gasteiger partial charge in [-0.25, -0.2) is 0 Å². The van der Waals surface area contributed by atoms with E-state index in [0.29, 0.717) is 5.92 Å². The zero-order chi connectivity index (χ0) is 59.1. The minimum absolute atomic E-state index is 0.00125. The van der Waals surface area contributed by atoms with E-state index in [1.54, 1.807) is 0 Å². The topological polar surface area (TPSA) is 13.0 Å². The molecule has 7 aromatic rings. The van der Waals surface area contributed by atoms with Gasteiger partial charge < -0.3 is 19.6 Å². The van der Waals surface area contributed by atoms with E-state index < -0.39 is 0 Å². The lowest BCUT2D eigenvalue weighted by Gasteiger charge is -2.46. The van der Waals surface area contributed by atoms with Gasteiger partial charge in [0.15, 0.2) is 0 Å². The molecule has 2 aliphatic carbocycles. The molecule has 83 heavy (non-hydrogen) atoms. The van der Waals surface area contributed by atoms with Gasteiger partial charge in [-0.2, -0.15) is 0 Å². The Hall–Kier alpha value is -7.24. The summed E-state index contributed by atoms with van der Waals surface area (Å²) in [5.41, 5.74) is 25.2. The van der Waals surface area contributed by atoms with Gasteiger partial charge in [0, 0.05) is 57.1 Å². The van der Waals surface area contributed by atoms with Crippen LogP contribution in [0.3, 0.4) is 0 Å². The summed E-state index contributed by atoms with van der Waals surface area (Å²) in [4.78, 5) is 10.5. The smallest absolute Gasteiger partial charge is 0.252 e. The highest BCUT2D eigenvalue weighted by Gasteiger charge is 2.47. The minimum atomic E-state index is -0.0631. The van der Waals surface area contributed by atoms with Crippen LogP contribution in [-0.2, 0) is 27.1 Å². The molecule has 0 radical (unpaired) electrons. The lowest BCUT2D eigenvalue weighted by atomic mass is 9.33. The largest absolute Gasteiger partial charge is 0.331 e. The van der Waals surface area contributed by atoms with Crippen molar-refractivity contribution in [2.45, 2.75) is 170 Å². The van der Waals surface area contributed by atoms with Gasteiger partial charge in [-0.15, -0.1) is 0 Å². The Morgan fingerprint density at radius 1 is 0.446 bits per heavy atom. The molecule has 7 aromatic carbocycles. The summed E-state index contributed by atoms with van der Waals surface area (Å²) >= 11 is 0. The summed E-state index contributed by atoms with van der Waals surface area (Å²) in [6.07, 6.45) is 17.8. The number of allylic oxidation sites excluding steroid dienone is 5. The highest BCUT2D eigenvalue weighted by atomic mass is 15.3. The highest BCUT2D eigenvalue weighted by molar-refractivity contribution is 7.00. The van der Waals surface area contributed by atoms with Gasteiger partial charge in [-0.3, -0.25) is 0 Å². The Labute approximate surface area is 499 Å². The summed E-state index contributed by atoms with van der Waals surface area (Å²) in [6.45, 7) is 42.1. The number of nitrogens with zero attached hydrogens (tertiary/aromatic N) is 4. The molecule has 3 aliphatic heterocycles. The van der Waals surface area contributed by atoms with Crippen LogP contribution in [0.15, 0.2) is 188 Å². The van der Waals surface area contributed by atoms with Gasteiger partial charge in [0.25, 0.3) is 6.71 Å². The van der Waals surface area contributed by atoms with Crippen LogP contribution in [0.1, 0.15) is 170 Å². The molecule has 0 spiro atoms. The zero-order valence-corrected chi connectivity index (χ0v) is 53.1. The van der Waals surface area contributed by atoms with E-state index in [2.05, 4.69) is 326 Å². The molecule has 5 aliphatic rings. The van der Waals surface area contributed by atoms with Crippen LogP contribution < -0.4 is 36.0 Å². The first-order chi connectivity index (χ1) is 39.0. The standard InChI is InChI=1S/C78H89BN4/c1-73(2,3)50-26-36-56(37-27-50)80(57-38-28-51(29-39-57)74(4,5)6)68-25-21-23-62-61-22-19-20-24-65(61)83(72(62)68)60-48-69-71-70(49-60)82(59-42-32-53(33-43-59)76(10,11)12)67-45-35-55(78(16,17)18)47-64(67)79(71)63-46-54(77(13,14)15)34-44-66(63)81(69)58-40-30-52(31-41-58)75(7,8)9/h19-28,30-49,51,61,65H,29H2,1-18H3. The maximum Gasteiger partial charge on any atom is 0.252 e. The molecule has 0 saturated heterocycles. The van der Waals surface area contributed by atoms with E-state index in [-0.39, 0.29) is 51.2 Å². The Morgan fingerprint density at radius 3 is 1.35 bits per heavy atom. The van der Waals surface area contributed by atoms with Crippen LogP contribution in [0.4, 0.5) is 56.9 Å². The fraction of sp³-hybridized carbons (Fsp3) is 0.359. The van der Waals surface area contributed by atoms with Crippen LogP contribution in [0.5, 0.6) is 0 Å². The molecular formula is C78H89BN4. The fourth-order valence-corrected chi connectivity index (χ4v) is 13.6. The molecular weight excluding hydrogens is 1000 g/mol. The molecule has 0 N–H and O–H groups in total. The summed E-state index contributed by atoms with van der Waals surface area (Å²) in [7, 11) is 0. The third kappa shape index (κ3) is 9.92. The van der Waals surface area contributed by atoms with Gasteiger partial charge in [-0.05, 0) is 167 Å². The Balaban J connectivity index is 1.17. The molecule has 12 rings (SSSR count). The molecule has 0 amide bonds. The van der Waals surface area contributed by atoms with E-state index in [1.807, 2.05) is 0 Å². The highest BCUT2D eigenvalue weighted by Crippen LogP contribution is 2.56. The Bertz CT molecular complexity index is 3640. The van der Waals surface area contributed by atoms with Crippen LogP contribution in [0.25, 0.3) is 0 Å². The Kier molecular flexibility index (Phi) is 13.3. The van der Waals surface area contributed by atoms with Crippen LogP contribution in [0.2, 0.25) is 0 Å².